The maximum Gasteiger partial charge on any atom is 0.206 e. The van der Waals surface area contributed by atoms with Crippen LogP contribution in [0.1, 0.15) is 6.42 Å². The van der Waals surface area contributed by atoms with Crippen LogP contribution in [0.5, 0.6) is 0 Å². The van der Waals surface area contributed by atoms with Crippen LogP contribution in [0.15, 0.2) is 30.3 Å². The van der Waals surface area contributed by atoms with E-state index in [2.05, 4.69) is 5.48 Å². The number of rotatable bonds is 6. The van der Waals surface area contributed by atoms with Crippen LogP contribution in [0.4, 0.5) is 5.69 Å². The minimum Gasteiger partial charge on any atom is -0.276 e. The van der Waals surface area contributed by atoms with E-state index < -0.39 is 0 Å². The lowest BCUT2D eigenvalue weighted by Gasteiger charge is -2.04. The summed E-state index contributed by atoms with van der Waals surface area (Å²) in [6, 6.07) is 9.37. The van der Waals surface area contributed by atoms with Crippen LogP contribution in [-0.2, 0) is 4.84 Å². The molecule has 0 aliphatic heterocycles. The first-order chi connectivity index (χ1) is 6.79. The summed E-state index contributed by atoms with van der Waals surface area (Å²) in [4.78, 5) is 14.6. The van der Waals surface area contributed by atoms with Crippen LogP contribution in [0.25, 0.3) is 0 Å². The molecule has 1 N–H and O–H groups in total. The summed E-state index contributed by atoms with van der Waals surface area (Å²) >= 11 is 0. The van der Waals surface area contributed by atoms with Crippen molar-refractivity contribution in [1.29, 1.82) is 0 Å². The van der Waals surface area contributed by atoms with Crippen LogP contribution in [0.2, 0.25) is 0 Å². The Balaban J connectivity index is 2.08. The first-order valence-corrected chi connectivity index (χ1v) is 4.33. The number of hydrogen-bond acceptors (Lipinski definition) is 4. The Morgan fingerprint density at radius 1 is 1.36 bits per heavy atom. The van der Waals surface area contributed by atoms with Crippen molar-refractivity contribution >= 4 is 5.69 Å². The third kappa shape index (κ3) is 4.42. The van der Waals surface area contributed by atoms with Crippen molar-refractivity contribution in [2.24, 2.45) is 0 Å². The first kappa shape index (κ1) is 10.5. The van der Waals surface area contributed by atoms with Crippen LogP contribution < -0.4 is 5.48 Å². The summed E-state index contributed by atoms with van der Waals surface area (Å²) in [5.41, 5.74) is 3.54. The number of benzene rings is 1. The van der Waals surface area contributed by atoms with E-state index in [9.17, 15) is 10.1 Å². The number of nitro groups is 1. The van der Waals surface area contributed by atoms with E-state index >= 15 is 0 Å². The molecule has 1 aromatic rings. The molecule has 0 aliphatic rings. The zero-order valence-electron chi connectivity index (χ0n) is 7.68. The lowest BCUT2D eigenvalue weighted by molar-refractivity contribution is -0.480. The maximum atomic E-state index is 9.96. The van der Waals surface area contributed by atoms with Crippen molar-refractivity contribution in [3.8, 4) is 0 Å². The molecule has 76 valence electrons. The van der Waals surface area contributed by atoms with Gasteiger partial charge in [0.05, 0.1) is 12.3 Å². The summed E-state index contributed by atoms with van der Waals surface area (Å²) in [7, 11) is 0. The van der Waals surface area contributed by atoms with Gasteiger partial charge in [-0.3, -0.25) is 20.4 Å². The molecule has 0 spiro atoms. The normalized spacial score (nSPS) is 9.71. The molecule has 14 heavy (non-hydrogen) atoms. The molecular formula is C9H12N2O3. The van der Waals surface area contributed by atoms with Crippen molar-refractivity contribution in [3.05, 3.63) is 40.4 Å². The van der Waals surface area contributed by atoms with Crippen molar-refractivity contribution in [2.75, 3.05) is 18.6 Å². The highest BCUT2D eigenvalue weighted by Gasteiger charge is 1.96. The number of nitrogens with zero attached hydrogens (tertiary/aromatic N) is 1. The summed E-state index contributed by atoms with van der Waals surface area (Å²) in [6.07, 6.45) is 0.410. The van der Waals surface area contributed by atoms with Gasteiger partial charge in [-0.05, 0) is 12.1 Å². The zero-order valence-corrected chi connectivity index (χ0v) is 7.68. The summed E-state index contributed by atoms with van der Waals surface area (Å²) in [5.74, 6) is 0. The van der Waals surface area contributed by atoms with Gasteiger partial charge in [-0.2, -0.15) is 0 Å². The van der Waals surface area contributed by atoms with Crippen LogP contribution >= 0.6 is 0 Å². The summed E-state index contributed by atoms with van der Waals surface area (Å²) in [5, 5.41) is 9.96. The van der Waals surface area contributed by atoms with Crippen molar-refractivity contribution in [1.82, 2.24) is 0 Å². The van der Waals surface area contributed by atoms with Gasteiger partial charge in [-0.1, -0.05) is 18.2 Å². The summed E-state index contributed by atoms with van der Waals surface area (Å²) < 4.78 is 0. The molecular weight excluding hydrogens is 184 g/mol. The Labute approximate surface area is 81.8 Å². The van der Waals surface area contributed by atoms with Gasteiger partial charge in [0, 0.05) is 11.3 Å². The molecule has 0 radical (unpaired) electrons. The van der Waals surface area contributed by atoms with E-state index in [1.165, 1.54) is 0 Å². The fourth-order valence-electron chi connectivity index (χ4n) is 0.906. The van der Waals surface area contributed by atoms with E-state index in [0.29, 0.717) is 13.0 Å². The molecule has 0 saturated heterocycles. The number of anilines is 1. The highest BCUT2D eigenvalue weighted by atomic mass is 16.6. The fourth-order valence-corrected chi connectivity index (χ4v) is 0.906. The van der Waals surface area contributed by atoms with E-state index in [1.807, 2.05) is 30.3 Å². The Hall–Kier alpha value is -1.62. The van der Waals surface area contributed by atoms with Gasteiger partial charge in [-0.25, -0.2) is 0 Å². The van der Waals surface area contributed by atoms with E-state index in [4.69, 9.17) is 4.84 Å². The van der Waals surface area contributed by atoms with Crippen LogP contribution in [0.3, 0.4) is 0 Å². The Bertz CT molecular complexity index is 277. The van der Waals surface area contributed by atoms with Gasteiger partial charge in [0.15, 0.2) is 0 Å². The fraction of sp³-hybridized carbons (Fsp3) is 0.333. The molecule has 5 nitrogen and oxygen atoms in total. The smallest absolute Gasteiger partial charge is 0.206 e. The van der Waals surface area contributed by atoms with Crippen LogP contribution in [0, 0.1) is 10.1 Å². The lowest BCUT2D eigenvalue weighted by atomic mass is 10.3. The largest absolute Gasteiger partial charge is 0.276 e. The predicted octanol–water partition coefficient (Wildman–Crippen LogP) is 1.70. The first-order valence-electron chi connectivity index (χ1n) is 4.33. The number of nitrogens with one attached hydrogen (secondary N) is 1. The van der Waals surface area contributed by atoms with Gasteiger partial charge in [0.2, 0.25) is 6.54 Å². The third-order valence-corrected chi connectivity index (χ3v) is 1.55. The molecule has 0 atom stereocenters. The minimum atomic E-state index is -0.355. The standard InChI is InChI=1S/C9H12N2O3/c12-11(13)7-4-8-14-10-9-5-2-1-3-6-9/h1-3,5-6,10H,4,7-8H2. The number of para-hydroxylation sites is 1. The average Bonchev–Trinajstić information content (AvgIpc) is 2.18. The quantitative estimate of drug-likeness (QED) is 0.427. The average molecular weight is 196 g/mol. The van der Waals surface area contributed by atoms with Gasteiger partial charge < -0.3 is 0 Å². The SMILES string of the molecule is O=[N+]([O-])CCCONc1ccccc1. The second-order valence-corrected chi connectivity index (χ2v) is 2.73. The van der Waals surface area contributed by atoms with Gasteiger partial charge in [0.25, 0.3) is 0 Å². The molecule has 1 rings (SSSR count). The lowest BCUT2D eigenvalue weighted by Crippen LogP contribution is -2.08. The topological polar surface area (TPSA) is 64.4 Å². The van der Waals surface area contributed by atoms with Gasteiger partial charge >= 0.3 is 0 Å². The van der Waals surface area contributed by atoms with Gasteiger partial charge in [-0.15, -0.1) is 0 Å². The van der Waals surface area contributed by atoms with E-state index in [1.54, 1.807) is 0 Å². The molecule has 0 aromatic heterocycles. The molecule has 0 fully saturated rings. The van der Waals surface area contributed by atoms with E-state index in [-0.39, 0.29) is 11.5 Å². The zero-order chi connectivity index (χ0) is 10.2. The monoisotopic (exact) mass is 196 g/mol. The second kappa shape index (κ2) is 5.93. The third-order valence-electron chi connectivity index (χ3n) is 1.55. The molecule has 1 aromatic carbocycles. The van der Waals surface area contributed by atoms with E-state index in [0.717, 1.165) is 5.69 Å². The summed E-state index contributed by atoms with van der Waals surface area (Å²) in [6.45, 7) is 0.270. The van der Waals surface area contributed by atoms with Gasteiger partial charge in [0.1, 0.15) is 0 Å². The highest BCUT2D eigenvalue weighted by Crippen LogP contribution is 2.04. The molecule has 0 heterocycles. The van der Waals surface area contributed by atoms with Crippen molar-refractivity contribution < 1.29 is 9.76 Å². The maximum absolute atomic E-state index is 9.96. The molecule has 0 bridgehead atoms. The second-order valence-electron chi connectivity index (χ2n) is 2.73. The molecule has 0 saturated carbocycles. The minimum absolute atomic E-state index is 0.0591. The van der Waals surface area contributed by atoms with Crippen molar-refractivity contribution in [2.45, 2.75) is 6.42 Å². The van der Waals surface area contributed by atoms with Crippen LogP contribution in [-0.4, -0.2) is 18.1 Å². The van der Waals surface area contributed by atoms with Crippen molar-refractivity contribution in [3.63, 3.8) is 0 Å². The number of hydrogen-bond donors (Lipinski definition) is 1. The Kier molecular flexibility index (Phi) is 4.43. The molecule has 0 unspecified atom stereocenters. The molecule has 0 amide bonds. The predicted molar refractivity (Wildman–Crippen MR) is 52.5 cm³/mol. The highest BCUT2D eigenvalue weighted by molar-refractivity contribution is 5.39. The Morgan fingerprint density at radius 3 is 2.71 bits per heavy atom. The molecule has 5 heteroatoms. The Morgan fingerprint density at radius 2 is 2.07 bits per heavy atom. The molecule has 0 aliphatic carbocycles.